The minimum atomic E-state index is 1.07. The van der Waals surface area contributed by atoms with Crippen molar-refractivity contribution in [2.24, 2.45) is 0 Å². The van der Waals surface area contributed by atoms with E-state index >= 15 is 0 Å². The predicted octanol–water partition coefficient (Wildman–Crippen LogP) is 8.36. The van der Waals surface area contributed by atoms with Gasteiger partial charge in [-0.15, -0.1) is 0 Å². The molecule has 5 aromatic carbocycles. The molecule has 0 heterocycles. The number of nitrogens with zero attached hydrogens (tertiary/aromatic N) is 1. The van der Waals surface area contributed by atoms with E-state index in [0.717, 1.165) is 22.7 Å². The van der Waals surface area contributed by atoms with Gasteiger partial charge in [0.25, 0.3) is 0 Å². The number of nitrogens with one attached hydrogen (secondary N) is 1. The van der Waals surface area contributed by atoms with Gasteiger partial charge in [-0.3, -0.25) is 0 Å². The molecule has 0 spiro atoms. The van der Waals surface area contributed by atoms with Gasteiger partial charge < -0.3 is 10.2 Å². The van der Waals surface area contributed by atoms with Crippen LogP contribution in [0.1, 0.15) is 5.56 Å². The van der Waals surface area contributed by atoms with Gasteiger partial charge in [-0.2, -0.15) is 0 Å². The summed E-state index contributed by atoms with van der Waals surface area (Å²) in [6.45, 7) is 2.10. The highest BCUT2D eigenvalue weighted by atomic mass is 15.1. The van der Waals surface area contributed by atoms with E-state index in [4.69, 9.17) is 0 Å². The third kappa shape index (κ3) is 4.01. The van der Waals surface area contributed by atoms with E-state index in [0.29, 0.717) is 0 Å². The summed E-state index contributed by atoms with van der Waals surface area (Å²) >= 11 is 0. The Morgan fingerprint density at radius 1 is 0.516 bits per heavy atom. The predicted molar refractivity (Wildman–Crippen MR) is 133 cm³/mol. The van der Waals surface area contributed by atoms with Crippen molar-refractivity contribution in [1.82, 2.24) is 0 Å². The van der Waals surface area contributed by atoms with E-state index in [2.05, 4.69) is 138 Å². The molecule has 0 saturated heterocycles. The van der Waals surface area contributed by atoms with Gasteiger partial charge in [-0.25, -0.2) is 0 Å². The topological polar surface area (TPSA) is 15.3 Å². The molecular formula is C29H24N2. The second-order valence-electron chi connectivity index (χ2n) is 7.71. The molecule has 0 atom stereocenters. The molecule has 0 aromatic heterocycles. The van der Waals surface area contributed by atoms with Crippen LogP contribution in [0.4, 0.5) is 28.4 Å². The number of benzene rings is 5. The quantitative estimate of drug-likeness (QED) is 0.319. The summed E-state index contributed by atoms with van der Waals surface area (Å²) in [5, 5.41) is 5.95. The third-order valence-corrected chi connectivity index (χ3v) is 5.49. The first-order valence-electron chi connectivity index (χ1n) is 10.5. The molecule has 0 bridgehead atoms. The first kappa shape index (κ1) is 19.0. The van der Waals surface area contributed by atoms with E-state index in [1.54, 1.807) is 0 Å². The van der Waals surface area contributed by atoms with Gasteiger partial charge in [-0.1, -0.05) is 72.3 Å². The highest BCUT2D eigenvalue weighted by Gasteiger charge is 2.14. The molecule has 0 aliphatic rings. The molecule has 1 N–H and O–H groups in total. The monoisotopic (exact) mass is 400 g/mol. The lowest BCUT2D eigenvalue weighted by Crippen LogP contribution is -2.10. The van der Waals surface area contributed by atoms with Crippen LogP contribution in [0.5, 0.6) is 0 Å². The van der Waals surface area contributed by atoms with Gasteiger partial charge in [-0.05, 0) is 66.9 Å². The van der Waals surface area contributed by atoms with Gasteiger partial charge in [0.1, 0.15) is 0 Å². The highest BCUT2D eigenvalue weighted by Crippen LogP contribution is 2.39. The lowest BCUT2D eigenvalue weighted by molar-refractivity contribution is 1.30. The molecule has 5 rings (SSSR count). The number of hydrogen-bond acceptors (Lipinski definition) is 2. The Kier molecular flexibility index (Phi) is 5.12. The van der Waals surface area contributed by atoms with Crippen molar-refractivity contribution in [3.8, 4) is 0 Å². The van der Waals surface area contributed by atoms with Crippen molar-refractivity contribution in [1.29, 1.82) is 0 Å². The maximum Gasteiger partial charge on any atom is 0.0540 e. The molecule has 2 heteroatoms. The third-order valence-electron chi connectivity index (χ3n) is 5.49. The van der Waals surface area contributed by atoms with Crippen molar-refractivity contribution < 1.29 is 0 Å². The van der Waals surface area contributed by atoms with Crippen LogP contribution in [0.15, 0.2) is 121 Å². The molecular weight excluding hydrogens is 376 g/mol. The lowest BCUT2D eigenvalue weighted by atomic mass is 10.1. The SMILES string of the molecule is Cc1ccc(Nc2ccc(N(c3ccccc3)c3cccc4ccccc34)cc2)cc1. The van der Waals surface area contributed by atoms with E-state index in [9.17, 15) is 0 Å². The van der Waals surface area contributed by atoms with Crippen LogP contribution < -0.4 is 10.2 Å². The van der Waals surface area contributed by atoms with Crippen LogP contribution in [0.3, 0.4) is 0 Å². The van der Waals surface area contributed by atoms with E-state index in [1.165, 1.54) is 22.0 Å². The van der Waals surface area contributed by atoms with Crippen LogP contribution >= 0.6 is 0 Å². The smallest absolute Gasteiger partial charge is 0.0540 e. The second kappa shape index (κ2) is 8.37. The Bertz CT molecular complexity index is 1290. The molecule has 2 nitrogen and oxygen atoms in total. The zero-order valence-corrected chi connectivity index (χ0v) is 17.5. The van der Waals surface area contributed by atoms with Crippen LogP contribution in [0, 0.1) is 6.92 Å². The summed E-state index contributed by atoms with van der Waals surface area (Å²) in [5.41, 5.74) is 6.85. The molecule has 0 amide bonds. The van der Waals surface area contributed by atoms with Crippen molar-refractivity contribution in [2.45, 2.75) is 6.92 Å². The fourth-order valence-electron chi connectivity index (χ4n) is 3.91. The first-order valence-corrected chi connectivity index (χ1v) is 10.5. The van der Waals surface area contributed by atoms with Gasteiger partial charge in [0.2, 0.25) is 0 Å². The summed E-state index contributed by atoms with van der Waals surface area (Å²) in [7, 11) is 0. The molecule has 5 aromatic rings. The second-order valence-corrected chi connectivity index (χ2v) is 7.71. The lowest BCUT2D eigenvalue weighted by Gasteiger charge is -2.27. The molecule has 0 fully saturated rings. The van der Waals surface area contributed by atoms with Crippen LogP contribution in [-0.4, -0.2) is 0 Å². The molecule has 0 aliphatic carbocycles. The van der Waals surface area contributed by atoms with Gasteiger partial charge >= 0.3 is 0 Å². The number of aryl methyl sites for hydroxylation is 1. The van der Waals surface area contributed by atoms with Crippen LogP contribution in [-0.2, 0) is 0 Å². The van der Waals surface area contributed by atoms with Gasteiger partial charge in [0, 0.05) is 28.1 Å². The maximum atomic E-state index is 3.49. The summed E-state index contributed by atoms with van der Waals surface area (Å²) in [5.74, 6) is 0. The fourth-order valence-corrected chi connectivity index (χ4v) is 3.91. The Morgan fingerprint density at radius 3 is 1.84 bits per heavy atom. The molecule has 150 valence electrons. The summed E-state index contributed by atoms with van der Waals surface area (Å²) in [4.78, 5) is 2.32. The minimum absolute atomic E-state index is 1.07. The summed E-state index contributed by atoms with van der Waals surface area (Å²) in [6.07, 6.45) is 0. The zero-order valence-electron chi connectivity index (χ0n) is 17.5. The highest BCUT2D eigenvalue weighted by molar-refractivity contribution is 5.98. The fraction of sp³-hybridized carbons (Fsp3) is 0.0345. The first-order chi connectivity index (χ1) is 15.3. The number of rotatable bonds is 5. The Labute approximate surface area is 183 Å². The van der Waals surface area contributed by atoms with Crippen LogP contribution in [0.2, 0.25) is 0 Å². The average molecular weight is 401 g/mol. The average Bonchev–Trinajstić information content (AvgIpc) is 2.83. The Hall–Kier alpha value is -4.04. The molecule has 0 aliphatic heterocycles. The number of hydrogen-bond donors (Lipinski definition) is 1. The molecule has 0 unspecified atom stereocenters. The maximum absolute atomic E-state index is 3.49. The standard InChI is InChI=1S/C29H24N2/c1-22-14-16-24(17-15-22)30-25-18-20-27(21-19-25)31(26-10-3-2-4-11-26)29-13-7-9-23-8-5-6-12-28(23)29/h2-21,30H,1H3. The minimum Gasteiger partial charge on any atom is -0.356 e. The van der Waals surface area contributed by atoms with E-state index < -0.39 is 0 Å². The summed E-state index contributed by atoms with van der Waals surface area (Å²) < 4.78 is 0. The van der Waals surface area contributed by atoms with E-state index in [-0.39, 0.29) is 0 Å². The zero-order chi connectivity index (χ0) is 21.0. The normalized spacial score (nSPS) is 10.7. The van der Waals surface area contributed by atoms with Crippen molar-refractivity contribution in [3.05, 3.63) is 127 Å². The van der Waals surface area contributed by atoms with Crippen LogP contribution in [0.25, 0.3) is 10.8 Å². The Balaban J connectivity index is 1.55. The van der Waals surface area contributed by atoms with Crippen molar-refractivity contribution in [2.75, 3.05) is 10.2 Å². The van der Waals surface area contributed by atoms with Gasteiger partial charge in [0.15, 0.2) is 0 Å². The molecule has 31 heavy (non-hydrogen) atoms. The largest absolute Gasteiger partial charge is 0.356 e. The summed E-state index contributed by atoms with van der Waals surface area (Å²) in [6, 6.07) is 42.6. The van der Waals surface area contributed by atoms with Crippen molar-refractivity contribution >= 4 is 39.2 Å². The number of para-hydroxylation sites is 1. The van der Waals surface area contributed by atoms with E-state index in [1.807, 2.05) is 0 Å². The van der Waals surface area contributed by atoms with Crippen molar-refractivity contribution in [3.63, 3.8) is 0 Å². The molecule has 0 saturated carbocycles. The number of anilines is 5. The Morgan fingerprint density at radius 2 is 1.10 bits per heavy atom. The number of fused-ring (bicyclic) bond motifs is 1. The molecule has 0 radical (unpaired) electrons. The van der Waals surface area contributed by atoms with Gasteiger partial charge in [0.05, 0.1) is 5.69 Å².